The maximum absolute atomic E-state index is 12.5. The van der Waals surface area contributed by atoms with Crippen LogP contribution in [0.25, 0.3) is 0 Å². The molecule has 0 fully saturated rings. The summed E-state index contributed by atoms with van der Waals surface area (Å²) in [5, 5.41) is 10.2. The molecule has 4 rings (SSSR count). The first-order valence-electron chi connectivity index (χ1n) is 9.79. The summed E-state index contributed by atoms with van der Waals surface area (Å²) >= 11 is 0. The lowest BCUT2D eigenvalue weighted by Crippen LogP contribution is -2.44. The van der Waals surface area contributed by atoms with Gasteiger partial charge in [0.1, 0.15) is 5.84 Å². The van der Waals surface area contributed by atoms with Crippen molar-refractivity contribution in [1.29, 1.82) is 0 Å². The molecule has 0 unspecified atom stereocenters. The predicted molar refractivity (Wildman–Crippen MR) is 115 cm³/mol. The van der Waals surface area contributed by atoms with Gasteiger partial charge < -0.3 is 10.0 Å². The molecule has 0 spiro atoms. The fourth-order valence-electron chi connectivity index (χ4n) is 4.12. The summed E-state index contributed by atoms with van der Waals surface area (Å²) in [6.07, 6.45) is 0. The normalized spacial score (nSPS) is 22.2. The van der Waals surface area contributed by atoms with E-state index in [4.69, 9.17) is 4.99 Å². The molecule has 0 aromatic heterocycles. The minimum Gasteiger partial charge on any atom is -0.479 e. The smallest absolute Gasteiger partial charge is 0.333 e. The summed E-state index contributed by atoms with van der Waals surface area (Å²) < 4.78 is 0. The maximum atomic E-state index is 12.5. The zero-order valence-electron chi connectivity index (χ0n) is 16.6. The molecule has 3 aromatic carbocycles. The molecule has 0 aliphatic carbocycles. The third-order valence-corrected chi connectivity index (χ3v) is 5.67. The van der Waals surface area contributed by atoms with E-state index in [1.807, 2.05) is 78.9 Å². The maximum Gasteiger partial charge on any atom is 0.333 e. The van der Waals surface area contributed by atoms with Crippen molar-refractivity contribution in [2.24, 2.45) is 4.99 Å². The first kappa shape index (κ1) is 18.9. The van der Waals surface area contributed by atoms with E-state index in [0.717, 1.165) is 16.7 Å². The molecular formula is C25H24N2O2. The summed E-state index contributed by atoms with van der Waals surface area (Å²) in [6.45, 7) is 3.82. The van der Waals surface area contributed by atoms with Crippen molar-refractivity contribution in [3.63, 3.8) is 0 Å². The number of nitrogens with zero attached hydrogens (tertiary/aromatic N) is 2. The van der Waals surface area contributed by atoms with Crippen molar-refractivity contribution in [2.75, 3.05) is 0 Å². The number of hydrogen-bond acceptors (Lipinski definition) is 3. The van der Waals surface area contributed by atoms with E-state index in [1.165, 1.54) is 0 Å². The zero-order valence-corrected chi connectivity index (χ0v) is 16.6. The number of carboxylic acids is 1. The molecule has 0 saturated heterocycles. The summed E-state index contributed by atoms with van der Waals surface area (Å²) in [6, 6.07) is 29.3. The molecule has 146 valence electrons. The average Bonchev–Trinajstić information content (AvgIpc) is 3.09. The van der Waals surface area contributed by atoms with Gasteiger partial charge in [-0.05, 0) is 25.0 Å². The second kappa shape index (κ2) is 7.55. The largest absolute Gasteiger partial charge is 0.479 e. The molecule has 0 bridgehead atoms. The van der Waals surface area contributed by atoms with Gasteiger partial charge in [0.15, 0.2) is 5.54 Å². The molecule has 3 aromatic rings. The molecule has 1 aliphatic rings. The van der Waals surface area contributed by atoms with Crippen molar-refractivity contribution in [3.05, 3.63) is 108 Å². The minimum atomic E-state index is -1.30. The van der Waals surface area contributed by atoms with Crippen LogP contribution < -0.4 is 0 Å². The number of amidine groups is 1. The van der Waals surface area contributed by atoms with Gasteiger partial charge in [0.05, 0.1) is 12.1 Å². The molecule has 29 heavy (non-hydrogen) atoms. The topological polar surface area (TPSA) is 52.9 Å². The van der Waals surface area contributed by atoms with E-state index in [0.29, 0.717) is 5.84 Å². The van der Waals surface area contributed by atoms with Gasteiger partial charge >= 0.3 is 5.97 Å². The van der Waals surface area contributed by atoms with E-state index in [2.05, 4.69) is 24.0 Å². The van der Waals surface area contributed by atoms with Crippen molar-refractivity contribution < 1.29 is 9.90 Å². The standard InChI is InChI=1S/C25H24N2O2/c1-18(19-12-6-3-7-13-19)27-22(20-14-8-4-9-15-20)25(2,24(28)29)26-23(27)21-16-10-5-11-17-21/h3-18,22H,1-2H3,(H,28,29)/t18-,22+,25+/m1/s1. The Morgan fingerprint density at radius 2 is 1.45 bits per heavy atom. The second-order valence-electron chi connectivity index (χ2n) is 7.56. The van der Waals surface area contributed by atoms with Crippen LogP contribution in [0.5, 0.6) is 0 Å². The van der Waals surface area contributed by atoms with Gasteiger partial charge in [-0.2, -0.15) is 0 Å². The van der Waals surface area contributed by atoms with Crippen molar-refractivity contribution in [3.8, 4) is 0 Å². The average molecular weight is 384 g/mol. The van der Waals surface area contributed by atoms with E-state index in [1.54, 1.807) is 6.92 Å². The summed E-state index contributed by atoms with van der Waals surface area (Å²) in [7, 11) is 0. The van der Waals surface area contributed by atoms with Gasteiger partial charge in [-0.25, -0.2) is 9.79 Å². The van der Waals surface area contributed by atoms with E-state index in [9.17, 15) is 9.90 Å². The highest BCUT2D eigenvalue weighted by Crippen LogP contribution is 2.46. The number of aliphatic imine (C=N–C) groups is 1. The summed E-state index contributed by atoms with van der Waals surface area (Å²) in [5.41, 5.74) is 1.68. The number of carboxylic acid groups (broad SMARTS) is 1. The van der Waals surface area contributed by atoms with E-state index < -0.39 is 17.6 Å². The van der Waals surface area contributed by atoms with Gasteiger partial charge in [0.2, 0.25) is 0 Å². The highest BCUT2D eigenvalue weighted by Gasteiger charge is 2.53. The van der Waals surface area contributed by atoms with Gasteiger partial charge in [-0.3, -0.25) is 0 Å². The highest BCUT2D eigenvalue weighted by molar-refractivity contribution is 6.04. The Labute approximate surface area is 171 Å². The van der Waals surface area contributed by atoms with Gasteiger partial charge in [-0.15, -0.1) is 0 Å². The van der Waals surface area contributed by atoms with Crippen LogP contribution in [-0.2, 0) is 4.79 Å². The molecule has 4 heteroatoms. The molecular weight excluding hydrogens is 360 g/mol. The molecule has 1 aliphatic heterocycles. The Kier molecular flexibility index (Phi) is 4.93. The van der Waals surface area contributed by atoms with Gasteiger partial charge in [0.25, 0.3) is 0 Å². The van der Waals surface area contributed by atoms with Crippen LogP contribution in [0, 0.1) is 0 Å². The number of aliphatic carboxylic acids is 1. The third-order valence-electron chi connectivity index (χ3n) is 5.67. The van der Waals surface area contributed by atoms with Gasteiger partial charge in [-0.1, -0.05) is 91.0 Å². The van der Waals surface area contributed by atoms with Crippen LogP contribution in [0.15, 0.2) is 96.0 Å². The molecule has 4 nitrogen and oxygen atoms in total. The lowest BCUT2D eigenvalue weighted by Gasteiger charge is -2.38. The number of carbonyl (C=O) groups is 1. The first-order chi connectivity index (χ1) is 14.0. The zero-order chi connectivity index (χ0) is 20.4. The van der Waals surface area contributed by atoms with Gasteiger partial charge in [0, 0.05) is 5.56 Å². The predicted octanol–water partition coefficient (Wildman–Crippen LogP) is 5.09. The summed E-state index contributed by atoms with van der Waals surface area (Å²) in [4.78, 5) is 19.4. The number of rotatable bonds is 5. The fraction of sp³-hybridized carbons (Fsp3) is 0.200. The van der Waals surface area contributed by atoms with Crippen LogP contribution in [0.4, 0.5) is 0 Å². The van der Waals surface area contributed by atoms with Crippen LogP contribution >= 0.6 is 0 Å². The molecule has 3 atom stereocenters. The van der Waals surface area contributed by atoms with Crippen molar-refractivity contribution >= 4 is 11.8 Å². The van der Waals surface area contributed by atoms with Crippen molar-refractivity contribution in [1.82, 2.24) is 4.90 Å². The van der Waals surface area contributed by atoms with Crippen LogP contribution in [0.3, 0.4) is 0 Å². The Hall–Kier alpha value is -3.40. The Balaban J connectivity index is 1.92. The Morgan fingerprint density at radius 3 is 2.00 bits per heavy atom. The third kappa shape index (κ3) is 3.31. The molecule has 0 amide bonds. The monoisotopic (exact) mass is 384 g/mol. The Morgan fingerprint density at radius 1 is 0.931 bits per heavy atom. The number of hydrogen-bond donors (Lipinski definition) is 1. The molecule has 1 heterocycles. The molecule has 0 radical (unpaired) electrons. The lowest BCUT2D eigenvalue weighted by molar-refractivity contribution is -0.144. The molecule has 1 N–H and O–H groups in total. The highest BCUT2D eigenvalue weighted by atomic mass is 16.4. The summed E-state index contributed by atoms with van der Waals surface area (Å²) in [5.74, 6) is -0.219. The number of benzene rings is 3. The second-order valence-corrected chi connectivity index (χ2v) is 7.56. The van der Waals surface area contributed by atoms with E-state index >= 15 is 0 Å². The van der Waals surface area contributed by atoms with Crippen LogP contribution in [0.2, 0.25) is 0 Å². The Bertz CT molecular complexity index is 1020. The SMILES string of the molecule is C[C@H](c1ccccc1)N1C(c2ccccc2)=N[C@](C)(C(=O)O)[C@@H]1c1ccccc1. The quantitative estimate of drug-likeness (QED) is 0.666. The fourth-order valence-corrected chi connectivity index (χ4v) is 4.12. The lowest BCUT2D eigenvalue weighted by atomic mass is 9.86. The van der Waals surface area contributed by atoms with Crippen molar-refractivity contribution in [2.45, 2.75) is 31.5 Å². The first-order valence-corrected chi connectivity index (χ1v) is 9.79. The van der Waals surface area contributed by atoms with Crippen LogP contribution in [-0.4, -0.2) is 27.4 Å². The molecule has 0 saturated carbocycles. The van der Waals surface area contributed by atoms with E-state index in [-0.39, 0.29) is 6.04 Å². The van der Waals surface area contributed by atoms with Crippen LogP contribution in [0.1, 0.15) is 42.6 Å². The minimum absolute atomic E-state index is 0.0541.